The number of carbonyl (C=O) groups excluding carboxylic acids is 1. The summed E-state index contributed by atoms with van der Waals surface area (Å²) in [6.45, 7) is 9.03. The zero-order valence-corrected chi connectivity index (χ0v) is 19.7. The fourth-order valence-corrected chi connectivity index (χ4v) is 4.55. The summed E-state index contributed by atoms with van der Waals surface area (Å²) in [5.41, 5.74) is 2.86. The Labute approximate surface area is 182 Å². The first-order valence-corrected chi connectivity index (χ1v) is 12.6. The monoisotopic (exact) mass is 496 g/mol. The Morgan fingerprint density at radius 1 is 1.32 bits per heavy atom. The van der Waals surface area contributed by atoms with Gasteiger partial charge in [0.1, 0.15) is 11.4 Å². The average Bonchev–Trinajstić information content (AvgIpc) is 3.00. The van der Waals surface area contributed by atoms with Crippen LogP contribution in [0.1, 0.15) is 37.5 Å². The normalized spacial score (nSPS) is 15.6. The summed E-state index contributed by atoms with van der Waals surface area (Å²) in [6.07, 6.45) is 0.597. The second-order valence-electron chi connectivity index (χ2n) is 7.77. The van der Waals surface area contributed by atoms with E-state index in [-0.39, 0.29) is 26.5 Å². The van der Waals surface area contributed by atoms with E-state index < -0.39 is 14.2 Å². The van der Waals surface area contributed by atoms with E-state index in [1.807, 2.05) is 27.7 Å². The number of nitrogens with one attached hydrogen (secondary N) is 1. The van der Waals surface area contributed by atoms with Crippen LogP contribution in [0.4, 0.5) is 11.4 Å². The van der Waals surface area contributed by atoms with E-state index in [0.717, 1.165) is 16.7 Å². The topological polar surface area (TPSA) is 148 Å². The van der Waals surface area contributed by atoms with Crippen molar-refractivity contribution in [1.29, 1.82) is 0 Å². The van der Waals surface area contributed by atoms with Crippen molar-refractivity contribution in [2.24, 2.45) is 0 Å². The molecule has 0 saturated carbocycles. The van der Waals surface area contributed by atoms with Gasteiger partial charge in [-0.1, -0.05) is 0 Å². The summed E-state index contributed by atoms with van der Waals surface area (Å²) >= 11 is -4.83. The number of nitro groups is 1. The molecule has 31 heavy (non-hydrogen) atoms. The van der Waals surface area contributed by atoms with E-state index in [1.54, 1.807) is 12.1 Å². The SMILES string of the molecule is CC(=O)Nc1cccc([As](=O)(O)OO)c1.Cc1cc([N+](=O)[O-])c2c(c1C)OC(C)(C)C2. The average molecular weight is 496 g/mol. The Morgan fingerprint density at radius 3 is 2.52 bits per heavy atom. The molecule has 0 saturated heterocycles. The van der Waals surface area contributed by atoms with Crippen LogP contribution in [0.15, 0.2) is 30.3 Å². The van der Waals surface area contributed by atoms with Gasteiger partial charge >= 0.3 is 88.4 Å². The maximum absolute atomic E-state index is 11.3. The van der Waals surface area contributed by atoms with E-state index in [2.05, 4.69) is 9.19 Å². The van der Waals surface area contributed by atoms with Crippen molar-refractivity contribution in [3.05, 3.63) is 57.1 Å². The number of benzene rings is 2. The predicted molar refractivity (Wildman–Crippen MR) is 114 cm³/mol. The minimum atomic E-state index is -4.83. The van der Waals surface area contributed by atoms with Gasteiger partial charge in [-0.15, -0.1) is 0 Å². The molecule has 0 bridgehead atoms. The van der Waals surface area contributed by atoms with E-state index in [1.165, 1.54) is 25.1 Å². The van der Waals surface area contributed by atoms with Crippen molar-refractivity contribution in [3.63, 3.8) is 0 Å². The van der Waals surface area contributed by atoms with E-state index in [9.17, 15) is 22.7 Å². The Bertz CT molecular complexity index is 1070. The van der Waals surface area contributed by atoms with Crippen LogP contribution in [0.3, 0.4) is 0 Å². The first kappa shape index (κ1) is 24.6. The Kier molecular flexibility index (Phi) is 7.33. The zero-order chi connectivity index (χ0) is 23.6. The number of hydrogen-bond donors (Lipinski definition) is 3. The van der Waals surface area contributed by atoms with Crippen LogP contribution in [0.2, 0.25) is 0 Å². The number of ether oxygens (including phenoxy) is 1. The number of nitrogens with zero attached hydrogens (tertiary/aromatic N) is 1. The van der Waals surface area contributed by atoms with Crippen molar-refractivity contribution >= 4 is 35.8 Å². The molecule has 0 aliphatic carbocycles. The largest absolute Gasteiger partial charge is 0.487 e. The van der Waals surface area contributed by atoms with Gasteiger partial charge in [-0.2, -0.15) is 0 Å². The van der Waals surface area contributed by atoms with Crippen LogP contribution >= 0.6 is 0 Å². The molecule has 11 heteroatoms. The summed E-state index contributed by atoms with van der Waals surface area (Å²) < 4.78 is 29.7. The maximum atomic E-state index is 11.3. The van der Waals surface area contributed by atoms with Gasteiger partial charge in [0, 0.05) is 12.5 Å². The van der Waals surface area contributed by atoms with Gasteiger partial charge < -0.3 is 4.74 Å². The molecule has 3 rings (SSSR count). The third-order valence-corrected chi connectivity index (χ3v) is 7.07. The van der Waals surface area contributed by atoms with Gasteiger partial charge in [0.15, 0.2) is 0 Å². The fraction of sp³-hybridized carbons (Fsp3) is 0.350. The summed E-state index contributed by atoms with van der Waals surface area (Å²) in [4.78, 5) is 21.4. The molecule has 1 unspecified atom stereocenters. The number of rotatable bonds is 4. The zero-order valence-electron chi connectivity index (χ0n) is 17.8. The van der Waals surface area contributed by atoms with Crippen molar-refractivity contribution in [3.8, 4) is 5.75 Å². The number of nitro benzene ring substituents is 1. The van der Waals surface area contributed by atoms with E-state index in [0.29, 0.717) is 17.9 Å². The summed E-state index contributed by atoms with van der Waals surface area (Å²) in [6, 6.07) is 7.28. The Morgan fingerprint density at radius 2 is 1.97 bits per heavy atom. The van der Waals surface area contributed by atoms with E-state index in [4.69, 9.17) is 9.99 Å². The number of hydrogen-bond acceptors (Lipinski definition) is 7. The third-order valence-electron chi connectivity index (χ3n) is 4.65. The van der Waals surface area contributed by atoms with Crippen LogP contribution in [-0.2, 0) is 18.8 Å². The van der Waals surface area contributed by atoms with Gasteiger partial charge in [-0.25, -0.2) is 0 Å². The summed E-state index contributed by atoms with van der Waals surface area (Å²) in [5, 5.41) is 21.7. The van der Waals surface area contributed by atoms with Crippen LogP contribution in [-0.4, -0.2) is 40.0 Å². The van der Waals surface area contributed by atoms with Gasteiger partial charge in [0.25, 0.3) is 5.69 Å². The maximum Gasteiger partial charge on any atom is 0.276 e. The van der Waals surface area contributed by atoms with Crippen LogP contribution in [0, 0.1) is 24.0 Å². The predicted octanol–water partition coefficient (Wildman–Crippen LogP) is 2.63. The van der Waals surface area contributed by atoms with Crippen molar-refractivity contribution in [2.45, 2.75) is 46.6 Å². The molecule has 3 N–H and O–H groups in total. The molecule has 0 radical (unpaired) electrons. The van der Waals surface area contributed by atoms with Crippen LogP contribution in [0.25, 0.3) is 0 Å². The Balaban J connectivity index is 0.000000221. The van der Waals surface area contributed by atoms with Crippen molar-refractivity contribution in [2.75, 3.05) is 5.32 Å². The molecular formula is C20H25AsN2O8. The molecule has 0 spiro atoms. The molecule has 1 aliphatic rings. The molecular weight excluding hydrogens is 471 g/mol. The van der Waals surface area contributed by atoms with Gasteiger partial charge in [-0.05, 0) is 38.8 Å². The van der Waals surface area contributed by atoms with Crippen LogP contribution in [0.5, 0.6) is 5.75 Å². The molecule has 1 atom stereocenters. The number of carbonyl (C=O) groups is 1. The summed E-state index contributed by atoms with van der Waals surface area (Å²) in [5.74, 6) is 0.411. The number of aryl methyl sites for hydroxylation is 1. The fourth-order valence-electron chi connectivity index (χ4n) is 3.14. The third kappa shape index (κ3) is 5.95. The van der Waals surface area contributed by atoms with Gasteiger partial charge in [-0.3, -0.25) is 10.1 Å². The molecule has 1 amide bonds. The minimum absolute atomic E-state index is 0.0399. The van der Waals surface area contributed by atoms with Crippen molar-refractivity contribution < 1.29 is 31.4 Å². The molecule has 10 nitrogen and oxygen atoms in total. The summed E-state index contributed by atoms with van der Waals surface area (Å²) in [7, 11) is 0. The molecule has 2 aromatic carbocycles. The molecule has 1 heterocycles. The van der Waals surface area contributed by atoms with Crippen LogP contribution < -0.4 is 14.4 Å². The van der Waals surface area contributed by atoms with Gasteiger partial charge in [0.05, 0.1) is 10.5 Å². The van der Waals surface area contributed by atoms with Crippen molar-refractivity contribution in [1.82, 2.24) is 0 Å². The smallest absolute Gasteiger partial charge is 0.276 e. The second kappa shape index (κ2) is 9.23. The molecule has 1 aliphatic heterocycles. The molecule has 168 valence electrons. The quantitative estimate of drug-likeness (QED) is 0.253. The number of fused-ring (bicyclic) bond motifs is 1. The number of anilines is 1. The standard InChI is InChI=1S/C12H15NO3.C8H10AsNO5/c1-7-5-10(13(14)15)9-6-12(3,4)16-11(9)8(7)2;1-6(11)10-8-4-2-3-7(5-8)9(12,13)15-14/h5H,6H2,1-4H3;2-5,14H,1H3,(H,10,11)(H,12,13). The number of amides is 1. The minimum Gasteiger partial charge on any atom is -0.487 e. The second-order valence-corrected chi connectivity index (χ2v) is 11.4. The van der Waals surface area contributed by atoms with E-state index >= 15 is 0 Å². The first-order valence-electron chi connectivity index (χ1n) is 9.28. The molecule has 2 aromatic rings. The first-order chi connectivity index (χ1) is 14.3. The van der Waals surface area contributed by atoms with Gasteiger partial charge in [0.2, 0.25) is 0 Å². The Hall–Kier alpha value is -2.65. The molecule has 0 aromatic heterocycles. The molecule has 0 fully saturated rings.